The Hall–Kier alpha value is -0.390. The number of hydrogen-bond donors (Lipinski definition) is 1. The van der Waals surface area contributed by atoms with Crippen LogP contribution in [-0.2, 0) is 14.8 Å². The van der Waals surface area contributed by atoms with Gasteiger partial charge in [-0.1, -0.05) is 27.4 Å². The Morgan fingerprint density at radius 1 is 1.47 bits per heavy atom. The molecule has 0 radical (unpaired) electrons. The molecular weight excluding hydrogens is 214 g/mol. The van der Waals surface area contributed by atoms with Crippen LogP contribution in [0.25, 0.3) is 0 Å². The first-order valence-electron chi connectivity index (χ1n) is 4.85. The molecule has 5 heteroatoms. The highest BCUT2D eigenvalue weighted by Gasteiger charge is 2.19. The van der Waals surface area contributed by atoms with Gasteiger partial charge in [0.2, 0.25) is 10.0 Å². The molecule has 0 bridgehead atoms. The fraction of sp³-hybridized carbons (Fsp3) is 0.800. The molecule has 0 aromatic heterocycles. The summed E-state index contributed by atoms with van der Waals surface area (Å²) < 4.78 is 29.8. The predicted molar refractivity (Wildman–Crippen MR) is 62.0 cm³/mol. The van der Waals surface area contributed by atoms with Gasteiger partial charge in [-0.25, -0.2) is 13.1 Å². The first-order chi connectivity index (χ1) is 6.70. The average molecular weight is 235 g/mol. The first-order valence-corrected chi connectivity index (χ1v) is 6.40. The van der Waals surface area contributed by atoms with Crippen molar-refractivity contribution in [3.05, 3.63) is 12.0 Å². The van der Waals surface area contributed by atoms with E-state index in [0.29, 0.717) is 0 Å². The molecule has 90 valence electrons. The highest BCUT2D eigenvalue weighted by atomic mass is 32.2. The fourth-order valence-corrected chi connectivity index (χ4v) is 1.73. The van der Waals surface area contributed by atoms with Gasteiger partial charge in [0.05, 0.1) is 6.10 Å². The molecule has 0 rings (SSSR count). The number of nitrogens with one attached hydrogen (secondary N) is 1. The molecule has 0 saturated heterocycles. The zero-order valence-corrected chi connectivity index (χ0v) is 10.7. The van der Waals surface area contributed by atoms with Crippen LogP contribution in [0.1, 0.15) is 27.2 Å². The van der Waals surface area contributed by atoms with E-state index in [1.165, 1.54) is 0 Å². The lowest BCUT2D eigenvalue weighted by Gasteiger charge is -2.24. The molecular formula is C10H21NO3S. The third-order valence-corrected chi connectivity index (χ3v) is 2.91. The lowest BCUT2D eigenvalue weighted by Crippen LogP contribution is -2.34. The molecule has 0 aliphatic carbocycles. The van der Waals surface area contributed by atoms with Gasteiger partial charge in [0.1, 0.15) is 0 Å². The Bertz CT molecular complexity index is 290. The summed E-state index contributed by atoms with van der Waals surface area (Å²) in [5.74, 6) is 0. The minimum atomic E-state index is -3.35. The number of methoxy groups -OCH3 is 1. The summed E-state index contributed by atoms with van der Waals surface area (Å²) in [6, 6.07) is 0. The van der Waals surface area contributed by atoms with Crippen molar-refractivity contribution in [2.75, 3.05) is 13.7 Å². The van der Waals surface area contributed by atoms with Crippen molar-refractivity contribution >= 4 is 10.0 Å². The molecule has 15 heavy (non-hydrogen) atoms. The summed E-state index contributed by atoms with van der Waals surface area (Å²) in [4.78, 5) is 0. The maximum atomic E-state index is 11.1. The van der Waals surface area contributed by atoms with Gasteiger partial charge >= 0.3 is 0 Å². The van der Waals surface area contributed by atoms with Gasteiger partial charge < -0.3 is 4.74 Å². The quantitative estimate of drug-likeness (QED) is 0.759. The summed E-state index contributed by atoms with van der Waals surface area (Å²) in [5.41, 5.74) is 0.111. The van der Waals surface area contributed by atoms with Crippen LogP contribution in [0.15, 0.2) is 12.0 Å². The van der Waals surface area contributed by atoms with Crippen LogP contribution in [0, 0.1) is 5.41 Å². The highest BCUT2D eigenvalue weighted by Crippen LogP contribution is 2.21. The van der Waals surface area contributed by atoms with E-state index in [9.17, 15) is 8.42 Å². The van der Waals surface area contributed by atoms with Crippen LogP contribution in [0.2, 0.25) is 0 Å². The molecule has 0 fully saturated rings. The van der Waals surface area contributed by atoms with E-state index < -0.39 is 10.0 Å². The van der Waals surface area contributed by atoms with Crippen molar-refractivity contribution in [3.8, 4) is 0 Å². The lowest BCUT2D eigenvalue weighted by molar-refractivity contribution is 0.0701. The van der Waals surface area contributed by atoms with Gasteiger partial charge in [0.25, 0.3) is 0 Å². The van der Waals surface area contributed by atoms with Crippen molar-refractivity contribution in [2.45, 2.75) is 33.3 Å². The Morgan fingerprint density at radius 3 is 2.33 bits per heavy atom. The summed E-state index contributed by atoms with van der Waals surface area (Å²) >= 11 is 0. The SMILES string of the molecule is C=CS(=O)(=O)NCC(CC(C)(C)C)OC. The zero-order valence-electron chi connectivity index (χ0n) is 9.91. The molecule has 0 heterocycles. The fourth-order valence-electron chi connectivity index (χ4n) is 1.19. The van der Waals surface area contributed by atoms with Crippen LogP contribution in [0.5, 0.6) is 0 Å². The Morgan fingerprint density at radius 2 is 2.00 bits per heavy atom. The van der Waals surface area contributed by atoms with Gasteiger partial charge in [0, 0.05) is 19.1 Å². The second kappa shape index (κ2) is 5.63. The van der Waals surface area contributed by atoms with Gasteiger partial charge in [0.15, 0.2) is 0 Å². The molecule has 0 aliphatic heterocycles. The van der Waals surface area contributed by atoms with E-state index in [1.807, 2.05) is 0 Å². The summed E-state index contributed by atoms with van der Waals surface area (Å²) in [6.07, 6.45) is 0.683. The maximum Gasteiger partial charge on any atom is 0.233 e. The Labute approximate surface area is 92.8 Å². The minimum absolute atomic E-state index is 0.111. The van der Waals surface area contributed by atoms with Crippen LogP contribution in [0.3, 0.4) is 0 Å². The van der Waals surface area contributed by atoms with Gasteiger partial charge in [-0.05, 0) is 11.8 Å². The van der Waals surface area contributed by atoms with Gasteiger partial charge in [-0.2, -0.15) is 0 Å². The number of sulfonamides is 1. The second-order valence-corrected chi connectivity index (χ2v) is 6.39. The van der Waals surface area contributed by atoms with Crippen LogP contribution >= 0.6 is 0 Å². The largest absolute Gasteiger partial charge is 0.380 e. The smallest absolute Gasteiger partial charge is 0.233 e. The van der Waals surface area contributed by atoms with E-state index in [0.717, 1.165) is 11.8 Å². The molecule has 1 unspecified atom stereocenters. The van der Waals surface area contributed by atoms with Crippen molar-refractivity contribution in [3.63, 3.8) is 0 Å². The van der Waals surface area contributed by atoms with E-state index in [2.05, 4.69) is 32.1 Å². The summed E-state index contributed by atoms with van der Waals surface area (Å²) in [6.45, 7) is 9.75. The zero-order chi connectivity index (χ0) is 12.1. The number of rotatable bonds is 6. The van der Waals surface area contributed by atoms with Gasteiger partial charge in [-0.3, -0.25) is 0 Å². The molecule has 0 spiro atoms. The van der Waals surface area contributed by atoms with Crippen LogP contribution in [-0.4, -0.2) is 28.2 Å². The summed E-state index contributed by atoms with van der Waals surface area (Å²) in [7, 11) is -1.76. The third-order valence-electron chi connectivity index (χ3n) is 1.90. The standard InChI is InChI=1S/C10H21NO3S/c1-6-15(12,13)11-8-9(14-5)7-10(2,3)4/h6,9,11H,1,7-8H2,2-5H3. The monoisotopic (exact) mass is 235 g/mol. The molecule has 0 aromatic carbocycles. The molecule has 4 nitrogen and oxygen atoms in total. The van der Waals surface area contributed by atoms with E-state index in [1.54, 1.807) is 7.11 Å². The van der Waals surface area contributed by atoms with Crippen molar-refractivity contribution in [2.24, 2.45) is 5.41 Å². The van der Waals surface area contributed by atoms with Crippen molar-refractivity contribution in [1.29, 1.82) is 0 Å². The molecule has 0 aromatic rings. The predicted octanol–water partition coefficient (Wildman–Crippen LogP) is 1.50. The minimum Gasteiger partial charge on any atom is -0.380 e. The molecule has 1 N–H and O–H groups in total. The maximum absolute atomic E-state index is 11.1. The second-order valence-electron chi connectivity index (χ2n) is 4.68. The van der Waals surface area contributed by atoms with E-state index in [-0.39, 0.29) is 18.1 Å². The number of ether oxygens (including phenoxy) is 1. The van der Waals surface area contributed by atoms with Gasteiger partial charge in [-0.15, -0.1) is 0 Å². The average Bonchev–Trinajstić information content (AvgIpc) is 2.10. The van der Waals surface area contributed by atoms with Crippen molar-refractivity contribution in [1.82, 2.24) is 4.72 Å². The number of hydrogen-bond acceptors (Lipinski definition) is 3. The first kappa shape index (κ1) is 14.6. The molecule has 0 amide bonds. The van der Waals surface area contributed by atoms with E-state index >= 15 is 0 Å². The van der Waals surface area contributed by atoms with Crippen LogP contribution < -0.4 is 4.72 Å². The van der Waals surface area contributed by atoms with Crippen molar-refractivity contribution < 1.29 is 13.2 Å². The molecule has 0 aliphatic rings. The normalized spacial score (nSPS) is 14.9. The Kier molecular flexibility index (Phi) is 5.48. The third kappa shape index (κ3) is 7.53. The summed E-state index contributed by atoms with van der Waals surface area (Å²) in [5, 5.41) is 0.900. The van der Waals surface area contributed by atoms with E-state index in [4.69, 9.17) is 4.74 Å². The Balaban J connectivity index is 4.19. The lowest BCUT2D eigenvalue weighted by atomic mass is 9.89. The highest BCUT2D eigenvalue weighted by molar-refractivity contribution is 7.92. The topological polar surface area (TPSA) is 55.4 Å². The van der Waals surface area contributed by atoms with Crippen LogP contribution in [0.4, 0.5) is 0 Å². The molecule has 0 saturated carbocycles. The molecule has 1 atom stereocenters.